The molecular weight excluding hydrogens is 256 g/mol. The molecule has 2 rings (SSSR count). The molecule has 0 aliphatic heterocycles. The number of benzene rings is 1. The maximum absolute atomic E-state index is 11.1. The molecule has 1 aromatic rings. The number of rotatable bonds is 5. The van der Waals surface area contributed by atoms with Crippen molar-refractivity contribution in [3.8, 4) is 5.75 Å². The van der Waals surface area contributed by atoms with E-state index >= 15 is 0 Å². The van der Waals surface area contributed by atoms with Crippen molar-refractivity contribution in [2.45, 2.75) is 45.8 Å². The van der Waals surface area contributed by atoms with Crippen LogP contribution in [0.15, 0.2) is 18.2 Å². The molecule has 0 radical (unpaired) electrons. The fourth-order valence-electron chi connectivity index (χ4n) is 3.00. The second-order valence-electron chi connectivity index (χ2n) is 5.72. The molecule has 0 aromatic heterocycles. The zero-order valence-electron chi connectivity index (χ0n) is 12.5. The van der Waals surface area contributed by atoms with E-state index in [0.29, 0.717) is 11.8 Å². The molecule has 1 N–H and O–H groups in total. The van der Waals surface area contributed by atoms with Gasteiger partial charge in [0.2, 0.25) is 0 Å². The van der Waals surface area contributed by atoms with Crippen LogP contribution in [-0.2, 0) is 0 Å². The summed E-state index contributed by atoms with van der Waals surface area (Å²) in [7, 11) is 1.95. The molecule has 1 fully saturated rings. The summed E-state index contributed by atoms with van der Waals surface area (Å²) in [6.07, 6.45) is 1.87. The summed E-state index contributed by atoms with van der Waals surface area (Å²) in [5.74, 6) is 0.414. The topological polar surface area (TPSA) is 64.4 Å². The van der Waals surface area contributed by atoms with Crippen molar-refractivity contribution in [1.82, 2.24) is 5.32 Å². The van der Waals surface area contributed by atoms with E-state index in [9.17, 15) is 10.1 Å². The van der Waals surface area contributed by atoms with Crippen molar-refractivity contribution in [3.63, 3.8) is 0 Å². The monoisotopic (exact) mass is 278 g/mol. The summed E-state index contributed by atoms with van der Waals surface area (Å²) in [6, 6.07) is 5.44. The van der Waals surface area contributed by atoms with Crippen LogP contribution in [0.5, 0.6) is 5.75 Å². The van der Waals surface area contributed by atoms with Crippen LogP contribution in [0.4, 0.5) is 5.69 Å². The van der Waals surface area contributed by atoms with E-state index in [1.165, 1.54) is 6.07 Å². The first-order valence-corrected chi connectivity index (χ1v) is 7.02. The zero-order chi connectivity index (χ0) is 14.9. The molecule has 0 spiro atoms. The quantitative estimate of drug-likeness (QED) is 0.664. The van der Waals surface area contributed by atoms with Gasteiger partial charge in [0.25, 0.3) is 0 Å². The number of hydrogen-bond donors (Lipinski definition) is 1. The highest BCUT2D eigenvalue weighted by Gasteiger charge is 2.52. The van der Waals surface area contributed by atoms with E-state index in [4.69, 9.17) is 4.74 Å². The molecule has 5 nitrogen and oxygen atoms in total. The Morgan fingerprint density at radius 1 is 1.55 bits per heavy atom. The summed E-state index contributed by atoms with van der Waals surface area (Å²) >= 11 is 0. The molecule has 3 atom stereocenters. The van der Waals surface area contributed by atoms with Crippen LogP contribution in [0, 0.1) is 22.5 Å². The predicted octanol–water partition coefficient (Wildman–Crippen LogP) is 3.06. The van der Waals surface area contributed by atoms with Crippen LogP contribution < -0.4 is 10.1 Å². The first-order chi connectivity index (χ1) is 9.43. The number of nitro benzene ring substituents is 1. The van der Waals surface area contributed by atoms with E-state index in [1.54, 1.807) is 6.07 Å². The van der Waals surface area contributed by atoms with Crippen molar-refractivity contribution >= 4 is 5.69 Å². The summed E-state index contributed by atoms with van der Waals surface area (Å²) in [5.41, 5.74) is 0.882. The third-order valence-electron chi connectivity index (χ3n) is 4.74. The highest BCUT2D eigenvalue weighted by Crippen LogP contribution is 2.47. The van der Waals surface area contributed by atoms with Gasteiger partial charge in [0.15, 0.2) is 5.75 Å². The summed E-state index contributed by atoms with van der Waals surface area (Å²) in [6.45, 7) is 6.15. The maximum Gasteiger partial charge on any atom is 0.311 e. The van der Waals surface area contributed by atoms with Gasteiger partial charge in [-0.3, -0.25) is 10.1 Å². The van der Waals surface area contributed by atoms with Crippen LogP contribution in [0.1, 0.15) is 32.3 Å². The third-order valence-corrected chi connectivity index (χ3v) is 4.74. The lowest BCUT2D eigenvalue weighted by Crippen LogP contribution is -2.62. The van der Waals surface area contributed by atoms with Gasteiger partial charge in [-0.05, 0) is 26.0 Å². The van der Waals surface area contributed by atoms with Gasteiger partial charge < -0.3 is 10.1 Å². The minimum absolute atomic E-state index is 0.0183. The molecule has 1 aliphatic rings. The van der Waals surface area contributed by atoms with Gasteiger partial charge in [0, 0.05) is 23.9 Å². The lowest BCUT2D eigenvalue weighted by molar-refractivity contribution is -0.386. The van der Waals surface area contributed by atoms with E-state index < -0.39 is 0 Å². The molecule has 5 heteroatoms. The number of nitrogens with one attached hydrogen (secondary N) is 1. The Bertz CT molecular complexity index is 518. The summed E-state index contributed by atoms with van der Waals surface area (Å²) in [5, 5.41) is 14.4. The van der Waals surface area contributed by atoms with Gasteiger partial charge in [-0.1, -0.05) is 26.0 Å². The van der Waals surface area contributed by atoms with Gasteiger partial charge >= 0.3 is 5.69 Å². The molecule has 0 heterocycles. The van der Waals surface area contributed by atoms with E-state index in [2.05, 4.69) is 19.2 Å². The van der Waals surface area contributed by atoms with E-state index in [0.717, 1.165) is 18.4 Å². The fraction of sp³-hybridized carbons (Fsp3) is 0.600. The van der Waals surface area contributed by atoms with Crippen molar-refractivity contribution in [3.05, 3.63) is 33.9 Å². The maximum atomic E-state index is 11.1. The average molecular weight is 278 g/mol. The second-order valence-corrected chi connectivity index (χ2v) is 5.72. The van der Waals surface area contributed by atoms with Crippen LogP contribution in [0.25, 0.3) is 0 Å². The first kappa shape index (κ1) is 14.8. The largest absolute Gasteiger partial charge is 0.483 e. The Hall–Kier alpha value is -1.62. The molecule has 0 bridgehead atoms. The molecule has 3 unspecified atom stereocenters. The number of ether oxygens (including phenoxy) is 1. The Kier molecular flexibility index (Phi) is 3.99. The van der Waals surface area contributed by atoms with Crippen molar-refractivity contribution in [1.29, 1.82) is 0 Å². The van der Waals surface area contributed by atoms with Crippen LogP contribution >= 0.6 is 0 Å². The van der Waals surface area contributed by atoms with Crippen molar-refractivity contribution < 1.29 is 9.66 Å². The molecule has 0 saturated heterocycles. The molecule has 1 aromatic carbocycles. The number of para-hydroxylation sites is 1. The predicted molar refractivity (Wildman–Crippen MR) is 78.1 cm³/mol. The summed E-state index contributed by atoms with van der Waals surface area (Å²) < 4.78 is 6.03. The number of nitro groups is 1. The van der Waals surface area contributed by atoms with Gasteiger partial charge in [0.05, 0.1) is 4.92 Å². The molecule has 1 aliphatic carbocycles. The van der Waals surface area contributed by atoms with Gasteiger partial charge in [-0.2, -0.15) is 0 Å². The van der Waals surface area contributed by atoms with Crippen molar-refractivity contribution in [2.75, 3.05) is 7.05 Å². The standard InChI is InChI=1S/C15H22N2O3/c1-5-15(3)12(16-4)9-13(15)20-14-10(2)7-6-8-11(14)17(18)19/h6-8,12-13,16H,5,9H2,1-4H3. The van der Waals surface area contributed by atoms with Gasteiger partial charge in [-0.15, -0.1) is 0 Å². The lowest BCUT2D eigenvalue weighted by atomic mass is 9.61. The molecular formula is C15H22N2O3. The number of nitrogens with zero attached hydrogens (tertiary/aromatic N) is 1. The fourth-order valence-corrected chi connectivity index (χ4v) is 3.00. The van der Waals surface area contributed by atoms with E-state index in [-0.39, 0.29) is 22.1 Å². The normalized spacial score (nSPS) is 28.8. The highest BCUT2D eigenvalue weighted by atomic mass is 16.6. The Morgan fingerprint density at radius 3 is 2.80 bits per heavy atom. The Balaban J connectivity index is 2.26. The number of aryl methyl sites for hydroxylation is 1. The van der Waals surface area contributed by atoms with Crippen LogP contribution in [-0.4, -0.2) is 24.1 Å². The van der Waals surface area contributed by atoms with Gasteiger partial charge in [0.1, 0.15) is 6.10 Å². The molecule has 20 heavy (non-hydrogen) atoms. The van der Waals surface area contributed by atoms with Crippen LogP contribution in [0.2, 0.25) is 0 Å². The van der Waals surface area contributed by atoms with E-state index in [1.807, 2.05) is 20.0 Å². The number of hydrogen-bond acceptors (Lipinski definition) is 4. The minimum Gasteiger partial charge on any atom is -0.483 e. The second kappa shape index (κ2) is 5.40. The minimum atomic E-state index is -0.375. The van der Waals surface area contributed by atoms with Crippen molar-refractivity contribution in [2.24, 2.45) is 5.41 Å². The third kappa shape index (κ3) is 2.26. The van der Waals surface area contributed by atoms with Gasteiger partial charge in [-0.25, -0.2) is 0 Å². The zero-order valence-corrected chi connectivity index (χ0v) is 12.5. The smallest absolute Gasteiger partial charge is 0.311 e. The molecule has 0 amide bonds. The Labute approximate surface area is 119 Å². The summed E-state index contributed by atoms with van der Waals surface area (Å²) in [4.78, 5) is 10.8. The Morgan fingerprint density at radius 2 is 2.25 bits per heavy atom. The average Bonchev–Trinajstić information content (AvgIpc) is 2.42. The first-order valence-electron chi connectivity index (χ1n) is 7.02. The highest BCUT2D eigenvalue weighted by molar-refractivity contribution is 5.51. The molecule has 110 valence electrons. The van der Waals surface area contributed by atoms with Crippen LogP contribution in [0.3, 0.4) is 0 Å². The molecule has 1 saturated carbocycles. The SMILES string of the molecule is CCC1(C)C(NC)CC1Oc1c(C)cccc1[N+](=O)[O-]. The lowest BCUT2D eigenvalue weighted by Gasteiger charge is -2.53.